The van der Waals surface area contributed by atoms with Crippen molar-refractivity contribution in [1.82, 2.24) is 9.55 Å². The van der Waals surface area contributed by atoms with Gasteiger partial charge in [0.25, 0.3) is 0 Å². The van der Waals surface area contributed by atoms with E-state index in [1.165, 1.54) is 18.5 Å². The number of benzene rings is 2. The molecule has 25 heavy (non-hydrogen) atoms. The summed E-state index contributed by atoms with van der Waals surface area (Å²) in [6.45, 7) is 0.517. The summed E-state index contributed by atoms with van der Waals surface area (Å²) in [5.41, 5.74) is 1.13. The number of Topliss-reactive ketones (excluding diaryl/α,β-unsaturated/α-hetero) is 1. The second kappa shape index (κ2) is 7.21. The molecule has 1 aromatic heterocycles. The fourth-order valence-corrected chi connectivity index (χ4v) is 3.71. The van der Waals surface area contributed by atoms with Crippen molar-refractivity contribution in [3.63, 3.8) is 0 Å². The molecule has 0 aliphatic rings. The van der Waals surface area contributed by atoms with Crippen LogP contribution >= 0.6 is 11.6 Å². The van der Waals surface area contributed by atoms with E-state index in [-0.39, 0.29) is 10.6 Å². The highest BCUT2D eigenvalue weighted by molar-refractivity contribution is 7.92. The second-order valence-corrected chi connectivity index (χ2v) is 7.98. The van der Waals surface area contributed by atoms with E-state index in [9.17, 15) is 13.2 Å². The molecule has 0 atom stereocenters. The first kappa shape index (κ1) is 17.4. The zero-order valence-electron chi connectivity index (χ0n) is 13.2. The Balaban J connectivity index is 1.71. The second-order valence-electron chi connectivity index (χ2n) is 5.55. The largest absolute Gasteiger partial charge is 0.332 e. The third-order valence-electron chi connectivity index (χ3n) is 3.62. The van der Waals surface area contributed by atoms with Crippen LogP contribution in [0.3, 0.4) is 0 Å². The summed E-state index contributed by atoms with van der Waals surface area (Å²) in [5, 5.41) is 0.649. The normalized spacial score (nSPS) is 11.4. The van der Waals surface area contributed by atoms with E-state index in [0.717, 1.165) is 5.56 Å². The fraction of sp³-hybridized carbons (Fsp3) is 0.111. The molecular formula is C18H15ClN2O3S. The van der Waals surface area contributed by atoms with Gasteiger partial charge in [0.2, 0.25) is 0 Å². The summed E-state index contributed by atoms with van der Waals surface area (Å²) in [7, 11) is -3.68. The number of rotatable bonds is 6. The molecule has 3 rings (SSSR count). The number of nitrogens with zero attached hydrogens (tertiary/aromatic N) is 2. The van der Waals surface area contributed by atoms with Crippen molar-refractivity contribution in [2.24, 2.45) is 0 Å². The third-order valence-corrected chi connectivity index (χ3v) is 5.51. The highest BCUT2D eigenvalue weighted by atomic mass is 35.5. The van der Waals surface area contributed by atoms with Crippen LogP contribution in [0.15, 0.2) is 72.0 Å². The number of sulfone groups is 1. The maximum absolute atomic E-state index is 12.3. The number of aromatic nitrogens is 2. The lowest BCUT2D eigenvalue weighted by Crippen LogP contribution is -2.16. The molecule has 0 aliphatic carbocycles. The van der Waals surface area contributed by atoms with Crippen molar-refractivity contribution in [3.8, 4) is 0 Å². The number of halogens is 1. The van der Waals surface area contributed by atoms with Crippen molar-refractivity contribution >= 4 is 27.2 Å². The number of hydrogen-bond donors (Lipinski definition) is 0. The molecular weight excluding hydrogens is 360 g/mol. The molecule has 128 valence electrons. The van der Waals surface area contributed by atoms with Crippen LogP contribution in [0.1, 0.15) is 16.1 Å². The smallest absolute Gasteiger partial charge is 0.198 e. The van der Waals surface area contributed by atoms with Gasteiger partial charge in [-0.25, -0.2) is 13.4 Å². The zero-order valence-corrected chi connectivity index (χ0v) is 14.7. The van der Waals surface area contributed by atoms with Crippen molar-refractivity contribution < 1.29 is 13.2 Å². The van der Waals surface area contributed by atoms with Crippen LogP contribution in [0.5, 0.6) is 0 Å². The van der Waals surface area contributed by atoms with Gasteiger partial charge in [-0.05, 0) is 29.8 Å². The quantitative estimate of drug-likeness (QED) is 0.621. The average Bonchev–Trinajstić information content (AvgIpc) is 3.06. The molecule has 0 spiro atoms. The highest BCUT2D eigenvalue weighted by Crippen LogP contribution is 2.13. The van der Waals surface area contributed by atoms with Gasteiger partial charge in [0, 0.05) is 17.8 Å². The minimum atomic E-state index is -3.68. The van der Waals surface area contributed by atoms with E-state index < -0.39 is 21.4 Å². The summed E-state index contributed by atoms with van der Waals surface area (Å²) >= 11 is 5.85. The van der Waals surface area contributed by atoms with E-state index in [1.54, 1.807) is 41.1 Å². The summed E-state index contributed by atoms with van der Waals surface area (Å²) in [6, 6.07) is 15.2. The van der Waals surface area contributed by atoms with Crippen LogP contribution in [0.25, 0.3) is 0 Å². The van der Waals surface area contributed by atoms with Gasteiger partial charge in [0.15, 0.2) is 15.6 Å². The van der Waals surface area contributed by atoms with Gasteiger partial charge in [-0.3, -0.25) is 4.79 Å². The highest BCUT2D eigenvalue weighted by Gasteiger charge is 2.21. The molecule has 0 radical (unpaired) electrons. The maximum atomic E-state index is 12.3. The average molecular weight is 375 g/mol. The van der Waals surface area contributed by atoms with E-state index in [4.69, 9.17) is 11.6 Å². The van der Waals surface area contributed by atoms with Crippen LogP contribution < -0.4 is 0 Å². The first-order chi connectivity index (χ1) is 11.9. The minimum Gasteiger partial charge on any atom is -0.332 e. The van der Waals surface area contributed by atoms with Crippen molar-refractivity contribution in [3.05, 3.63) is 83.4 Å². The topological polar surface area (TPSA) is 69.0 Å². The summed E-state index contributed by atoms with van der Waals surface area (Å²) < 4.78 is 26.3. The van der Waals surface area contributed by atoms with Gasteiger partial charge in [-0.1, -0.05) is 41.9 Å². The maximum Gasteiger partial charge on any atom is 0.198 e. The number of imidazole rings is 1. The van der Waals surface area contributed by atoms with Gasteiger partial charge >= 0.3 is 0 Å². The van der Waals surface area contributed by atoms with E-state index in [0.29, 0.717) is 11.6 Å². The molecule has 0 fully saturated rings. The van der Waals surface area contributed by atoms with Crippen molar-refractivity contribution in [2.75, 3.05) is 5.75 Å². The molecule has 0 amide bonds. The first-order valence-corrected chi connectivity index (χ1v) is 9.54. The van der Waals surface area contributed by atoms with Crippen LogP contribution in [-0.4, -0.2) is 29.5 Å². The Morgan fingerprint density at radius 1 is 1.04 bits per heavy atom. The molecule has 0 N–H and O–H groups in total. The Hall–Kier alpha value is -2.44. The molecule has 5 nitrogen and oxygen atoms in total. The number of ketones is 1. The Morgan fingerprint density at radius 3 is 2.40 bits per heavy atom. The number of carbonyl (C=O) groups excluding carboxylic acids is 1. The summed E-state index contributed by atoms with van der Waals surface area (Å²) in [5.74, 6) is -1.13. The van der Waals surface area contributed by atoms with Crippen LogP contribution in [0.2, 0.25) is 5.02 Å². The SMILES string of the molecule is O=C(CS(=O)(=O)c1ccccc1)c1cn(Cc2ccc(Cl)cc2)cn1. The van der Waals surface area contributed by atoms with Gasteiger partial charge in [-0.15, -0.1) is 0 Å². The molecule has 0 unspecified atom stereocenters. The van der Waals surface area contributed by atoms with Crippen LogP contribution in [-0.2, 0) is 16.4 Å². The van der Waals surface area contributed by atoms with E-state index in [2.05, 4.69) is 4.98 Å². The lowest BCUT2D eigenvalue weighted by molar-refractivity contribution is 0.101. The van der Waals surface area contributed by atoms with Crippen LogP contribution in [0.4, 0.5) is 0 Å². The predicted octanol–water partition coefficient (Wildman–Crippen LogP) is 3.24. The molecule has 1 heterocycles. The van der Waals surface area contributed by atoms with Gasteiger partial charge in [-0.2, -0.15) is 0 Å². The van der Waals surface area contributed by atoms with Crippen LogP contribution in [0, 0.1) is 0 Å². The Bertz CT molecular complexity index is 981. The monoisotopic (exact) mass is 374 g/mol. The number of carbonyl (C=O) groups is 1. The molecule has 3 aromatic rings. The summed E-state index contributed by atoms with van der Waals surface area (Å²) in [4.78, 5) is 16.4. The molecule has 0 saturated carbocycles. The Morgan fingerprint density at radius 2 is 1.72 bits per heavy atom. The summed E-state index contributed by atoms with van der Waals surface area (Å²) in [6.07, 6.45) is 3.06. The van der Waals surface area contributed by atoms with E-state index >= 15 is 0 Å². The van der Waals surface area contributed by atoms with Crippen molar-refractivity contribution in [2.45, 2.75) is 11.4 Å². The zero-order chi connectivity index (χ0) is 17.9. The van der Waals surface area contributed by atoms with E-state index in [1.807, 2.05) is 12.1 Å². The van der Waals surface area contributed by atoms with Crippen molar-refractivity contribution in [1.29, 1.82) is 0 Å². The molecule has 0 saturated heterocycles. The molecule has 0 bridgehead atoms. The first-order valence-electron chi connectivity index (χ1n) is 7.51. The lowest BCUT2D eigenvalue weighted by atomic mass is 10.2. The standard InChI is InChI=1S/C18H15ClN2O3S/c19-15-8-6-14(7-9-15)10-21-11-17(20-13-21)18(22)12-25(23,24)16-4-2-1-3-5-16/h1-9,11,13H,10,12H2. The molecule has 2 aromatic carbocycles. The van der Waals surface area contributed by atoms with Gasteiger partial charge in [0.1, 0.15) is 11.4 Å². The predicted molar refractivity (Wildman–Crippen MR) is 95.6 cm³/mol. The van der Waals surface area contributed by atoms with Gasteiger partial charge < -0.3 is 4.57 Å². The minimum absolute atomic E-state index is 0.129. The lowest BCUT2D eigenvalue weighted by Gasteiger charge is -2.03. The van der Waals surface area contributed by atoms with Gasteiger partial charge in [0.05, 0.1) is 11.2 Å². The number of hydrogen-bond acceptors (Lipinski definition) is 4. The Kier molecular flexibility index (Phi) is 5.01. The Labute approximate surface area is 150 Å². The third kappa shape index (κ3) is 4.35. The molecule has 0 aliphatic heterocycles. The fourth-order valence-electron chi connectivity index (χ4n) is 2.35. The molecule has 7 heteroatoms.